The first kappa shape index (κ1) is 14.5. The third kappa shape index (κ3) is 1.59. The van der Waals surface area contributed by atoms with Crippen molar-refractivity contribution < 1.29 is 4.57 Å². The van der Waals surface area contributed by atoms with Crippen LogP contribution >= 0.6 is 0 Å². The summed E-state index contributed by atoms with van der Waals surface area (Å²) in [4.78, 5) is 13.8. The molecule has 1 aromatic heterocycles. The first-order chi connectivity index (χ1) is 10.1. The summed E-state index contributed by atoms with van der Waals surface area (Å²) < 4.78 is 2.25. The second-order valence-corrected chi connectivity index (χ2v) is 6.48. The first-order valence-corrected chi connectivity index (χ1v) is 7.88. The molecule has 112 valence electrons. The number of nitrogens with zero attached hydrogens (tertiary/aromatic N) is 5. The van der Waals surface area contributed by atoms with Gasteiger partial charge in [-0.1, -0.05) is 38.4 Å². The Kier molecular flexibility index (Phi) is 3.32. The van der Waals surface area contributed by atoms with Gasteiger partial charge in [0.1, 0.15) is 5.54 Å². The summed E-state index contributed by atoms with van der Waals surface area (Å²) in [5, 5.41) is 0.0666. The van der Waals surface area contributed by atoms with Gasteiger partial charge in [-0.05, 0) is 19.9 Å². The Morgan fingerprint density at radius 2 is 2.19 bits per heavy atom. The van der Waals surface area contributed by atoms with Gasteiger partial charge in [-0.3, -0.25) is 0 Å². The Balaban J connectivity index is 2.32. The van der Waals surface area contributed by atoms with Crippen molar-refractivity contribution >= 4 is 12.9 Å². The summed E-state index contributed by atoms with van der Waals surface area (Å²) in [7, 11) is 2.22. The molecule has 0 amide bonds. The normalized spacial score (nSPS) is 32.0. The molecule has 1 aromatic rings. The van der Waals surface area contributed by atoms with E-state index in [9.17, 15) is 0 Å². The lowest BCUT2D eigenvalue weighted by molar-refractivity contribution is -0.754. The molecule has 0 saturated carbocycles. The number of anilines is 1. The zero-order valence-electron chi connectivity index (χ0n) is 13.6. The summed E-state index contributed by atoms with van der Waals surface area (Å²) in [5.41, 5.74) is -0.155. The summed E-state index contributed by atoms with van der Waals surface area (Å²) in [5.74, 6) is 1.02. The number of hydrogen-bond donors (Lipinski definition) is 0. The standard InChI is InChI=1S/C15H25BN5/c1-6-14(4)15(7-2,8-3)20-12-17-11-18-13(20)21-10-9-19(5)16(14)21/h7,11-12H,2,6,8-10H2,1,3-5H3/q+1. The highest BCUT2D eigenvalue weighted by Crippen LogP contribution is 2.54. The summed E-state index contributed by atoms with van der Waals surface area (Å²) in [6.45, 7) is 13.6. The van der Waals surface area contributed by atoms with Crippen molar-refractivity contribution in [2.45, 2.75) is 44.5 Å². The number of likely N-dealkylation sites (N-methyl/N-ethyl adjacent to an activating group) is 1. The van der Waals surface area contributed by atoms with Crippen LogP contribution in [0.3, 0.4) is 0 Å². The lowest BCUT2D eigenvalue weighted by atomic mass is 9.39. The highest BCUT2D eigenvalue weighted by atomic mass is 15.4. The van der Waals surface area contributed by atoms with Gasteiger partial charge >= 0.3 is 12.9 Å². The van der Waals surface area contributed by atoms with Gasteiger partial charge in [-0.2, -0.15) is 0 Å². The maximum Gasteiger partial charge on any atom is 0.416 e. The highest BCUT2D eigenvalue weighted by Gasteiger charge is 2.66. The molecular weight excluding hydrogens is 261 g/mol. The second kappa shape index (κ2) is 4.80. The van der Waals surface area contributed by atoms with Gasteiger partial charge in [-0.15, -0.1) is 4.98 Å². The predicted octanol–water partition coefficient (Wildman–Crippen LogP) is 1.48. The molecule has 5 nitrogen and oxygen atoms in total. The molecule has 3 rings (SSSR count). The third-order valence-electron chi connectivity index (χ3n) is 5.90. The van der Waals surface area contributed by atoms with E-state index in [1.165, 1.54) is 0 Å². The molecule has 3 heterocycles. The highest BCUT2D eigenvalue weighted by molar-refractivity contribution is 6.64. The topological polar surface area (TPSA) is 36.1 Å². The van der Waals surface area contributed by atoms with Crippen LogP contribution in [-0.2, 0) is 5.54 Å². The predicted molar refractivity (Wildman–Crippen MR) is 85.1 cm³/mol. The average Bonchev–Trinajstić information content (AvgIpc) is 2.91. The summed E-state index contributed by atoms with van der Waals surface area (Å²) in [6, 6.07) is 0. The van der Waals surface area contributed by atoms with Crippen LogP contribution in [0.2, 0.25) is 5.31 Å². The molecule has 2 aliphatic rings. The maximum atomic E-state index is 4.59. The van der Waals surface area contributed by atoms with E-state index >= 15 is 0 Å². The molecule has 21 heavy (non-hydrogen) atoms. The van der Waals surface area contributed by atoms with Crippen molar-refractivity contribution in [1.82, 2.24) is 14.8 Å². The van der Waals surface area contributed by atoms with Crippen molar-refractivity contribution in [2.75, 3.05) is 24.9 Å². The van der Waals surface area contributed by atoms with E-state index in [1.54, 1.807) is 6.33 Å². The number of rotatable bonds is 3. The van der Waals surface area contributed by atoms with Crippen molar-refractivity contribution in [2.24, 2.45) is 0 Å². The number of aromatic nitrogens is 3. The molecule has 0 spiro atoms. The zero-order valence-corrected chi connectivity index (χ0v) is 13.6. The SMILES string of the molecule is C=CC1(CC)[n+]2cncnc2N2CCN(C)B2C1(C)CC. The molecule has 0 bridgehead atoms. The van der Waals surface area contributed by atoms with E-state index in [1.807, 2.05) is 6.33 Å². The van der Waals surface area contributed by atoms with E-state index in [0.29, 0.717) is 6.98 Å². The fraction of sp³-hybridized carbons (Fsp3) is 0.667. The van der Waals surface area contributed by atoms with Gasteiger partial charge in [0.15, 0.2) is 6.33 Å². The van der Waals surface area contributed by atoms with Gasteiger partial charge in [0.25, 0.3) is 0 Å². The van der Waals surface area contributed by atoms with Crippen LogP contribution < -0.4 is 9.38 Å². The molecular formula is C15H25BN5+. The van der Waals surface area contributed by atoms with E-state index in [0.717, 1.165) is 31.9 Å². The van der Waals surface area contributed by atoms with Crippen LogP contribution in [0.5, 0.6) is 0 Å². The average molecular weight is 286 g/mol. The quantitative estimate of drug-likeness (QED) is 0.479. The number of allylic oxidation sites excluding steroid dienone is 1. The van der Waals surface area contributed by atoms with Crippen LogP contribution in [0.1, 0.15) is 33.6 Å². The molecule has 0 radical (unpaired) electrons. The van der Waals surface area contributed by atoms with Crippen molar-refractivity contribution in [3.05, 3.63) is 25.3 Å². The van der Waals surface area contributed by atoms with E-state index in [2.05, 4.69) is 64.6 Å². The second-order valence-electron chi connectivity index (χ2n) is 6.48. The van der Waals surface area contributed by atoms with Gasteiger partial charge in [0.2, 0.25) is 6.33 Å². The largest absolute Gasteiger partial charge is 0.416 e. The van der Waals surface area contributed by atoms with Gasteiger partial charge in [0.05, 0.1) is 6.54 Å². The molecule has 2 unspecified atom stereocenters. The number of fused-ring (bicyclic) bond motifs is 3. The Hall–Kier alpha value is -1.43. The first-order valence-electron chi connectivity index (χ1n) is 7.88. The van der Waals surface area contributed by atoms with Crippen molar-refractivity contribution in [3.8, 4) is 0 Å². The van der Waals surface area contributed by atoms with Crippen LogP contribution in [0.15, 0.2) is 25.3 Å². The van der Waals surface area contributed by atoms with Gasteiger partial charge in [-0.25, -0.2) is 4.57 Å². The molecule has 2 aliphatic heterocycles. The van der Waals surface area contributed by atoms with Gasteiger partial charge in [0, 0.05) is 11.9 Å². The van der Waals surface area contributed by atoms with Crippen LogP contribution in [0.25, 0.3) is 0 Å². The molecule has 0 N–H and O–H groups in total. The Morgan fingerprint density at radius 1 is 1.43 bits per heavy atom. The monoisotopic (exact) mass is 286 g/mol. The fourth-order valence-electron chi connectivity index (χ4n) is 4.61. The maximum absolute atomic E-state index is 4.59. The van der Waals surface area contributed by atoms with Crippen molar-refractivity contribution in [1.29, 1.82) is 0 Å². The molecule has 0 aromatic carbocycles. The van der Waals surface area contributed by atoms with E-state index in [-0.39, 0.29) is 10.9 Å². The molecule has 6 heteroatoms. The minimum Gasteiger partial charge on any atom is -0.318 e. The van der Waals surface area contributed by atoms with Crippen LogP contribution in [0.4, 0.5) is 5.95 Å². The Bertz CT molecular complexity index is 565. The van der Waals surface area contributed by atoms with Crippen LogP contribution in [-0.4, -0.2) is 41.9 Å². The number of hydrogen-bond acceptors (Lipinski definition) is 4. The Labute approximate surface area is 127 Å². The van der Waals surface area contributed by atoms with E-state index in [4.69, 9.17) is 0 Å². The lowest BCUT2D eigenvalue weighted by Gasteiger charge is -2.52. The Morgan fingerprint density at radius 3 is 2.81 bits per heavy atom. The minimum absolute atomic E-state index is 0.0666. The van der Waals surface area contributed by atoms with Crippen molar-refractivity contribution in [3.63, 3.8) is 0 Å². The fourth-order valence-corrected chi connectivity index (χ4v) is 4.61. The van der Waals surface area contributed by atoms with Gasteiger partial charge < -0.3 is 9.62 Å². The molecule has 0 aliphatic carbocycles. The zero-order chi connectivity index (χ0) is 15.3. The van der Waals surface area contributed by atoms with E-state index < -0.39 is 0 Å². The summed E-state index contributed by atoms with van der Waals surface area (Å²) in [6.07, 6.45) is 7.77. The molecule has 1 fully saturated rings. The van der Waals surface area contributed by atoms with Crippen LogP contribution in [0, 0.1) is 0 Å². The third-order valence-corrected chi connectivity index (χ3v) is 5.90. The minimum atomic E-state index is -0.155. The lowest BCUT2D eigenvalue weighted by Crippen LogP contribution is -2.74. The molecule has 1 saturated heterocycles. The molecule has 2 atom stereocenters. The summed E-state index contributed by atoms with van der Waals surface area (Å²) >= 11 is 0. The smallest absolute Gasteiger partial charge is 0.318 e.